The number of urea groups is 1. The van der Waals surface area contributed by atoms with Crippen molar-refractivity contribution < 1.29 is 14.3 Å². The monoisotopic (exact) mass is 385 g/mol. The standard InChI is InChI=1S/C20H20ClN3O3/c1-3-27-16-10-8-15(9-11-16)23-19(25)17-12(2)22-20(26)24-18(17)13-4-6-14(21)7-5-13/h4-11,18H,3H2,1-2H3,(H,23,25)(H2,22,24,26)/t18-/m0/s1. The van der Waals surface area contributed by atoms with Crippen LogP contribution in [0.4, 0.5) is 10.5 Å². The first-order chi connectivity index (χ1) is 13.0. The second-order valence-corrected chi connectivity index (χ2v) is 6.47. The summed E-state index contributed by atoms with van der Waals surface area (Å²) in [6.07, 6.45) is 0. The van der Waals surface area contributed by atoms with Crippen molar-refractivity contribution in [1.29, 1.82) is 0 Å². The highest BCUT2D eigenvalue weighted by atomic mass is 35.5. The van der Waals surface area contributed by atoms with Crippen molar-refractivity contribution in [3.63, 3.8) is 0 Å². The van der Waals surface area contributed by atoms with E-state index in [-0.39, 0.29) is 11.9 Å². The number of carbonyl (C=O) groups excluding carboxylic acids is 2. The number of nitrogens with one attached hydrogen (secondary N) is 3. The van der Waals surface area contributed by atoms with Crippen molar-refractivity contribution in [2.24, 2.45) is 0 Å². The number of halogens is 1. The molecule has 0 saturated carbocycles. The predicted molar refractivity (Wildman–Crippen MR) is 105 cm³/mol. The number of ether oxygens (including phenoxy) is 1. The summed E-state index contributed by atoms with van der Waals surface area (Å²) >= 11 is 5.95. The van der Waals surface area contributed by atoms with Gasteiger partial charge < -0.3 is 20.7 Å². The van der Waals surface area contributed by atoms with Gasteiger partial charge in [-0.15, -0.1) is 0 Å². The molecule has 0 radical (unpaired) electrons. The summed E-state index contributed by atoms with van der Waals surface area (Å²) < 4.78 is 5.41. The van der Waals surface area contributed by atoms with Crippen molar-refractivity contribution >= 4 is 29.2 Å². The van der Waals surface area contributed by atoms with E-state index < -0.39 is 6.04 Å². The normalized spacial score (nSPS) is 16.4. The summed E-state index contributed by atoms with van der Waals surface area (Å²) in [6.45, 7) is 4.19. The molecular formula is C20H20ClN3O3. The number of hydrogen-bond acceptors (Lipinski definition) is 3. The molecule has 0 unspecified atom stereocenters. The molecule has 2 aromatic rings. The van der Waals surface area contributed by atoms with Crippen molar-refractivity contribution in [3.8, 4) is 5.75 Å². The van der Waals surface area contributed by atoms with Gasteiger partial charge in [-0.1, -0.05) is 23.7 Å². The largest absolute Gasteiger partial charge is 0.494 e. The van der Waals surface area contributed by atoms with E-state index in [9.17, 15) is 9.59 Å². The Morgan fingerprint density at radius 1 is 1.15 bits per heavy atom. The maximum Gasteiger partial charge on any atom is 0.319 e. The van der Waals surface area contributed by atoms with Crippen LogP contribution in [0.5, 0.6) is 5.75 Å². The molecule has 1 heterocycles. The minimum atomic E-state index is -0.571. The summed E-state index contributed by atoms with van der Waals surface area (Å²) in [6, 6.07) is 13.2. The highest BCUT2D eigenvalue weighted by Crippen LogP contribution is 2.28. The quantitative estimate of drug-likeness (QED) is 0.727. The summed E-state index contributed by atoms with van der Waals surface area (Å²) in [5.74, 6) is 0.431. The topological polar surface area (TPSA) is 79.5 Å². The maximum atomic E-state index is 12.9. The van der Waals surface area contributed by atoms with E-state index in [1.54, 1.807) is 55.5 Å². The number of anilines is 1. The van der Waals surface area contributed by atoms with Crippen LogP contribution >= 0.6 is 11.6 Å². The Balaban J connectivity index is 1.86. The summed E-state index contributed by atoms with van der Waals surface area (Å²) in [5.41, 5.74) is 2.34. The summed E-state index contributed by atoms with van der Waals surface area (Å²) in [7, 11) is 0. The Morgan fingerprint density at radius 2 is 1.81 bits per heavy atom. The van der Waals surface area contributed by atoms with Crippen LogP contribution in [0.3, 0.4) is 0 Å². The second kappa shape index (κ2) is 8.14. The molecule has 1 atom stereocenters. The first kappa shape index (κ1) is 18.8. The summed E-state index contributed by atoms with van der Waals surface area (Å²) in [4.78, 5) is 24.8. The highest BCUT2D eigenvalue weighted by Gasteiger charge is 2.31. The predicted octanol–water partition coefficient (Wildman–Crippen LogP) is 4.01. The third-order valence-electron chi connectivity index (χ3n) is 4.14. The molecule has 7 heteroatoms. The molecule has 27 heavy (non-hydrogen) atoms. The average Bonchev–Trinajstić information content (AvgIpc) is 2.63. The van der Waals surface area contributed by atoms with Gasteiger partial charge in [0.15, 0.2) is 0 Å². The van der Waals surface area contributed by atoms with Crippen molar-refractivity contribution in [3.05, 3.63) is 70.4 Å². The van der Waals surface area contributed by atoms with Gasteiger partial charge in [-0.05, 0) is 55.8 Å². The van der Waals surface area contributed by atoms with Gasteiger partial charge in [-0.3, -0.25) is 4.79 Å². The third kappa shape index (κ3) is 4.41. The Hall–Kier alpha value is -2.99. The molecular weight excluding hydrogens is 366 g/mol. The van der Waals surface area contributed by atoms with Crippen molar-refractivity contribution in [2.45, 2.75) is 19.9 Å². The van der Waals surface area contributed by atoms with Crippen LogP contribution in [0, 0.1) is 0 Å². The lowest BCUT2D eigenvalue weighted by atomic mass is 9.95. The molecule has 1 aliphatic rings. The molecule has 140 valence electrons. The minimum Gasteiger partial charge on any atom is -0.494 e. The minimum absolute atomic E-state index is 0.302. The van der Waals surface area contributed by atoms with E-state index >= 15 is 0 Å². The van der Waals surface area contributed by atoms with Gasteiger partial charge in [-0.25, -0.2) is 4.79 Å². The number of carbonyl (C=O) groups is 2. The summed E-state index contributed by atoms with van der Waals surface area (Å²) in [5, 5.41) is 8.90. The molecule has 3 amide bonds. The van der Waals surface area contributed by atoms with Gasteiger partial charge in [0.2, 0.25) is 0 Å². The van der Waals surface area contributed by atoms with Crippen LogP contribution in [-0.2, 0) is 4.79 Å². The van der Waals surface area contributed by atoms with E-state index in [0.29, 0.717) is 28.6 Å². The van der Waals surface area contributed by atoms with Gasteiger partial charge in [0.1, 0.15) is 5.75 Å². The number of amides is 3. The molecule has 0 spiro atoms. The van der Waals surface area contributed by atoms with Crippen LogP contribution < -0.4 is 20.7 Å². The first-order valence-electron chi connectivity index (χ1n) is 8.56. The van der Waals surface area contributed by atoms with Crippen LogP contribution in [-0.4, -0.2) is 18.5 Å². The van der Waals surface area contributed by atoms with Crippen LogP contribution in [0.1, 0.15) is 25.5 Å². The number of rotatable bonds is 5. The van der Waals surface area contributed by atoms with Gasteiger partial charge in [0.25, 0.3) is 5.91 Å². The number of hydrogen-bond donors (Lipinski definition) is 3. The maximum absolute atomic E-state index is 12.9. The van der Waals surface area contributed by atoms with E-state index in [1.807, 2.05) is 6.92 Å². The van der Waals surface area contributed by atoms with E-state index in [1.165, 1.54) is 0 Å². The SMILES string of the molecule is CCOc1ccc(NC(=O)C2=C(C)NC(=O)N[C@H]2c2ccc(Cl)cc2)cc1. The smallest absolute Gasteiger partial charge is 0.319 e. The number of benzene rings is 2. The molecule has 0 fully saturated rings. The van der Waals surface area contributed by atoms with Crippen LogP contribution in [0.25, 0.3) is 0 Å². The van der Waals surface area contributed by atoms with E-state index in [2.05, 4.69) is 16.0 Å². The number of allylic oxidation sites excluding steroid dienone is 1. The zero-order valence-corrected chi connectivity index (χ0v) is 15.8. The van der Waals surface area contributed by atoms with Crippen molar-refractivity contribution in [2.75, 3.05) is 11.9 Å². The fraction of sp³-hybridized carbons (Fsp3) is 0.200. The molecule has 3 rings (SSSR count). The molecule has 0 saturated heterocycles. The Bertz CT molecular complexity index is 876. The molecule has 0 aromatic heterocycles. The first-order valence-corrected chi connectivity index (χ1v) is 8.93. The highest BCUT2D eigenvalue weighted by molar-refractivity contribution is 6.30. The zero-order chi connectivity index (χ0) is 19.4. The van der Waals surface area contributed by atoms with Gasteiger partial charge in [-0.2, -0.15) is 0 Å². The van der Waals surface area contributed by atoms with Crippen molar-refractivity contribution in [1.82, 2.24) is 10.6 Å². The molecule has 3 N–H and O–H groups in total. The molecule has 0 bridgehead atoms. The van der Waals surface area contributed by atoms with E-state index in [0.717, 1.165) is 11.3 Å². The molecule has 1 aliphatic heterocycles. The second-order valence-electron chi connectivity index (χ2n) is 6.03. The fourth-order valence-corrected chi connectivity index (χ4v) is 3.03. The lowest BCUT2D eigenvalue weighted by Gasteiger charge is -2.28. The Kier molecular flexibility index (Phi) is 5.66. The van der Waals surface area contributed by atoms with E-state index in [4.69, 9.17) is 16.3 Å². The fourth-order valence-electron chi connectivity index (χ4n) is 2.90. The Labute approximate surface area is 162 Å². The molecule has 2 aromatic carbocycles. The third-order valence-corrected chi connectivity index (χ3v) is 4.39. The molecule has 0 aliphatic carbocycles. The lowest BCUT2D eigenvalue weighted by Crippen LogP contribution is -2.45. The van der Waals surface area contributed by atoms with Gasteiger partial charge >= 0.3 is 6.03 Å². The lowest BCUT2D eigenvalue weighted by molar-refractivity contribution is -0.113. The van der Waals surface area contributed by atoms with Gasteiger partial charge in [0.05, 0.1) is 18.2 Å². The average molecular weight is 386 g/mol. The Morgan fingerprint density at radius 3 is 2.44 bits per heavy atom. The van der Waals surface area contributed by atoms with Gasteiger partial charge in [0, 0.05) is 16.4 Å². The zero-order valence-electron chi connectivity index (χ0n) is 15.0. The van der Waals surface area contributed by atoms with Crippen LogP contribution in [0.2, 0.25) is 5.02 Å². The van der Waals surface area contributed by atoms with Crippen LogP contribution in [0.15, 0.2) is 59.8 Å². The molecule has 6 nitrogen and oxygen atoms in total.